The smallest absolute Gasteiger partial charge is 0.123 e. The first-order chi connectivity index (χ1) is 9.03. The number of hydrogen-bond donors (Lipinski definition) is 1. The van der Waals surface area contributed by atoms with Gasteiger partial charge in [0.15, 0.2) is 0 Å². The van der Waals surface area contributed by atoms with E-state index in [-0.39, 0.29) is 5.82 Å². The zero-order valence-electron chi connectivity index (χ0n) is 11.4. The summed E-state index contributed by atoms with van der Waals surface area (Å²) >= 11 is 0. The number of halogens is 1. The van der Waals surface area contributed by atoms with Crippen molar-refractivity contribution in [2.75, 3.05) is 0 Å². The summed E-state index contributed by atoms with van der Waals surface area (Å²) in [7, 11) is 1.89. The highest BCUT2D eigenvalue weighted by Gasteiger charge is 2.25. The standard InChI is InChI=1S/C15H20FN3/c1-3-15(17,13-5-4-6-14(16)9-13)8-7-12-10-18-19(2)11-12/h4-6,9-11H,3,7-8,17H2,1-2H3. The third-order valence-electron chi connectivity index (χ3n) is 3.65. The number of nitrogens with zero attached hydrogens (tertiary/aromatic N) is 2. The minimum absolute atomic E-state index is 0.234. The summed E-state index contributed by atoms with van der Waals surface area (Å²) in [6.07, 6.45) is 6.23. The van der Waals surface area contributed by atoms with Crippen LogP contribution in [-0.4, -0.2) is 9.78 Å². The lowest BCUT2D eigenvalue weighted by atomic mass is 9.83. The van der Waals surface area contributed by atoms with Gasteiger partial charge in [-0.25, -0.2) is 4.39 Å². The molecule has 0 saturated heterocycles. The largest absolute Gasteiger partial charge is 0.321 e. The van der Waals surface area contributed by atoms with Crippen molar-refractivity contribution in [1.82, 2.24) is 9.78 Å². The Morgan fingerprint density at radius 2 is 2.21 bits per heavy atom. The van der Waals surface area contributed by atoms with Gasteiger partial charge in [0, 0.05) is 18.8 Å². The molecule has 102 valence electrons. The second-order valence-corrected chi connectivity index (χ2v) is 5.04. The van der Waals surface area contributed by atoms with Crippen LogP contribution in [0.4, 0.5) is 4.39 Å². The number of rotatable bonds is 5. The number of hydrogen-bond acceptors (Lipinski definition) is 2. The Bertz CT molecular complexity index is 550. The highest BCUT2D eigenvalue weighted by Crippen LogP contribution is 2.28. The SMILES string of the molecule is CCC(N)(CCc1cnn(C)c1)c1cccc(F)c1. The van der Waals surface area contributed by atoms with Crippen molar-refractivity contribution >= 4 is 0 Å². The summed E-state index contributed by atoms with van der Waals surface area (Å²) in [5.74, 6) is -0.234. The van der Waals surface area contributed by atoms with Crippen LogP contribution < -0.4 is 5.73 Å². The van der Waals surface area contributed by atoms with Crippen LogP contribution in [0.5, 0.6) is 0 Å². The summed E-state index contributed by atoms with van der Waals surface area (Å²) in [5.41, 5.74) is 7.97. The molecule has 3 nitrogen and oxygen atoms in total. The molecular weight excluding hydrogens is 241 g/mol. The van der Waals surface area contributed by atoms with Gasteiger partial charge in [0.25, 0.3) is 0 Å². The maximum absolute atomic E-state index is 13.3. The summed E-state index contributed by atoms with van der Waals surface area (Å²) in [4.78, 5) is 0. The van der Waals surface area contributed by atoms with Gasteiger partial charge in [-0.05, 0) is 42.5 Å². The summed E-state index contributed by atoms with van der Waals surface area (Å²) < 4.78 is 15.1. The van der Waals surface area contributed by atoms with Gasteiger partial charge in [-0.2, -0.15) is 5.10 Å². The molecule has 2 rings (SSSR count). The topological polar surface area (TPSA) is 43.8 Å². The Labute approximate surface area is 113 Å². The second kappa shape index (κ2) is 5.53. The van der Waals surface area contributed by atoms with Gasteiger partial charge in [-0.15, -0.1) is 0 Å². The highest BCUT2D eigenvalue weighted by atomic mass is 19.1. The number of aromatic nitrogens is 2. The van der Waals surface area contributed by atoms with Gasteiger partial charge in [0.2, 0.25) is 0 Å². The number of benzene rings is 1. The highest BCUT2D eigenvalue weighted by molar-refractivity contribution is 5.25. The van der Waals surface area contributed by atoms with Crippen molar-refractivity contribution in [1.29, 1.82) is 0 Å². The normalized spacial score (nSPS) is 14.3. The molecule has 1 unspecified atom stereocenters. The molecule has 0 spiro atoms. The molecule has 1 heterocycles. The van der Waals surface area contributed by atoms with E-state index >= 15 is 0 Å². The molecule has 0 radical (unpaired) electrons. The monoisotopic (exact) mass is 261 g/mol. The molecule has 0 aliphatic heterocycles. The molecule has 1 atom stereocenters. The van der Waals surface area contributed by atoms with Crippen molar-refractivity contribution in [3.8, 4) is 0 Å². The fourth-order valence-corrected chi connectivity index (χ4v) is 2.29. The Kier molecular flexibility index (Phi) is 4.00. The van der Waals surface area contributed by atoms with Crippen LogP contribution in [0, 0.1) is 5.82 Å². The van der Waals surface area contributed by atoms with E-state index in [4.69, 9.17) is 5.73 Å². The molecule has 1 aromatic carbocycles. The molecule has 0 saturated carbocycles. The predicted molar refractivity (Wildman–Crippen MR) is 74.1 cm³/mol. The van der Waals surface area contributed by atoms with Crippen LogP contribution in [-0.2, 0) is 19.0 Å². The van der Waals surface area contributed by atoms with Crippen molar-refractivity contribution in [2.45, 2.75) is 31.7 Å². The van der Waals surface area contributed by atoms with Gasteiger partial charge in [0.1, 0.15) is 5.82 Å². The molecule has 0 fully saturated rings. The third-order valence-corrected chi connectivity index (χ3v) is 3.65. The molecule has 1 aromatic heterocycles. The van der Waals surface area contributed by atoms with Crippen LogP contribution in [0.3, 0.4) is 0 Å². The minimum atomic E-state index is -0.488. The van der Waals surface area contributed by atoms with Crippen molar-refractivity contribution in [2.24, 2.45) is 12.8 Å². The van der Waals surface area contributed by atoms with Gasteiger partial charge in [-0.3, -0.25) is 4.68 Å². The van der Waals surface area contributed by atoms with Crippen molar-refractivity contribution < 1.29 is 4.39 Å². The van der Waals surface area contributed by atoms with E-state index in [1.807, 2.05) is 32.4 Å². The lowest BCUT2D eigenvalue weighted by molar-refractivity contribution is 0.392. The van der Waals surface area contributed by atoms with Crippen molar-refractivity contribution in [3.05, 3.63) is 53.6 Å². The summed E-state index contributed by atoms with van der Waals surface area (Å²) in [6, 6.07) is 6.59. The second-order valence-electron chi connectivity index (χ2n) is 5.04. The number of aryl methyl sites for hydroxylation is 2. The maximum atomic E-state index is 13.3. The number of nitrogens with two attached hydrogens (primary N) is 1. The summed E-state index contributed by atoms with van der Waals surface area (Å²) in [5, 5.41) is 4.15. The zero-order chi connectivity index (χ0) is 13.9. The average Bonchev–Trinajstić information content (AvgIpc) is 2.82. The zero-order valence-corrected chi connectivity index (χ0v) is 11.4. The average molecular weight is 261 g/mol. The van der Waals surface area contributed by atoms with Crippen LogP contribution in [0.2, 0.25) is 0 Å². The maximum Gasteiger partial charge on any atom is 0.123 e. The minimum Gasteiger partial charge on any atom is -0.321 e. The Balaban J connectivity index is 2.13. The summed E-state index contributed by atoms with van der Waals surface area (Å²) in [6.45, 7) is 2.04. The third kappa shape index (κ3) is 3.20. The van der Waals surface area contributed by atoms with Crippen LogP contribution in [0.1, 0.15) is 30.9 Å². The van der Waals surface area contributed by atoms with Gasteiger partial charge in [-0.1, -0.05) is 19.1 Å². The first-order valence-corrected chi connectivity index (χ1v) is 6.56. The molecule has 0 bridgehead atoms. The van der Waals surface area contributed by atoms with Crippen LogP contribution in [0.15, 0.2) is 36.7 Å². The Hall–Kier alpha value is -1.68. The van der Waals surface area contributed by atoms with Gasteiger partial charge in [0.05, 0.1) is 6.20 Å². The van der Waals surface area contributed by atoms with Crippen molar-refractivity contribution in [3.63, 3.8) is 0 Å². The fourth-order valence-electron chi connectivity index (χ4n) is 2.29. The molecule has 2 aromatic rings. The van der Waals surface area contributed by atoms with E-state index < -0.39 is 5.54 Å². The Morgan fingerprint density at radius 1 is 1.42 bits per heavy atom. The molecular formula is C15H20FN3. The van der Waals surface area contributed by atoms with E-state index in [9.17, 15) is 4.39 Å². The van der Waals surface area contributed by atoms with E-state index in [0.717, 1.165) is 30.4 Å². The van der Waals surface area contributed by atoms with Gasteiger partial charge >= 0.3 is 0 Å². The first kappa shape index (κ1) is 13.7. The molecule has 0 amide bonds. The quantitative estimate of drug-likeness (QED) is 0.899. The van der Waals surface area contributed by atoms with E-state index in [2.05, 4.69) is 5.10 Å². The molecule has 19 heavy (non-hydrogen) atoms. The lowest BCUT2D eigenvalue weighted by Gasteiger charge is -2.28. The predicted octanol–water partition coefficient (Wildman–Crippen LogP) is 2.76. The van der Waals surface area contributed by atoms with E-state index in [0.29, 0.717) is 0 Å². The molecule has 0 aliphatic carbocycles. The van der Waals surface area contributed by atoms with Crippen LogP contribution in [0.25, 0.3) is 0 Å². The van der Waals surface area contributed by atoms with E-state index in [1.54, 1.807) is 10.7 Å². The van der Waals surface area contributed by atoms with E-state index in [1.165, 1.54) is 12.1 Å². The molecule has 2 N–H and O–H groups in total. The van der Waals surface area contributed by atoms with Gasteiger partial charge < -0.3 is 5.73 Å². The Morgan fingerprint density at radius 3 is 2.79 bits per heavy atom. The fraction of sp³-hybridized carbons (Fsp3) is 0.400. The van der Waals surface area contributed by atoms with Crippen LogP contribution >= 0.6 is 0 Å². The molecule has 0 aliphatic rings. The first-order valence-electron chi connectivity index (χ1n) is 6.56. The molecule has 4 heteroatoms. The lowest BCUT2D eigenvalue weighted by Crippen LogP contribution is -2.36.